The summed E-state index contributed by atoms with van der Waals surface area (Å²) in [6.07, 6.45) is 17.2. The summed E-state index contributed by atoms with van der Waals surface area (Å²) in [5.74, 6) is 0.127. The number of nitrogens with zero attached hydrogens (tertiary/aromatic N) is 2. The summed E-state index contributed by atoms with van der Waals surface area (Å²) in [6.45, 7) is 27.5. The highest BCUT2D eigenvalue weighted by Gasteiger charge is 2.77. The standard InChI is InChI=1S/C31H42ClNO3.C30H40ClNO3/c1-20-23-16-33(30-17-29(18-30,19-30)26(35)36-7)25(34)15-31(23,13-12-28(20,5)6)22-9-8-21(24(32)14-22)10-11-27(2,3)4;1-19-22-15-32(29-16-28(17-29,18-29)25(34)35)24(33)14-30(22,12-11-27(19,5)6)21-8-7-20(23(31)13-21)9-10-26(2,3)4/h8-9,14,16,20H,10-13,15,17-19H2,1-7H3;7-8,13,15,19H,9-12,14,16-18H2,1-6H3,(H,34,35)/t20?,29?,30?,31-;19?,28?,29?,30-/m00/s1. The highest BCUT2D eigenvalue weighted by atomic mass is 35.5. The fourth-order valence-corrected chi connectivity index (χ4v) is 15.4. The number of carboxylic acid groups (broad SMARTS) is 1. The topological polar surface area (TPSA) is 104 Å². The molecule has 0 aromatic heterocycles. The van der Waals surface area contributed by atoms with E-state index in [4.69, 9.17) is 27.9 Å². The van der Waals surface area contributed by atoms with Crippen molar-refractivity contribution in [2.24, 2.45) is 44.3 Å². The lowest BCUT2D eigenvalue weighted by Crippen LogP contribution is -2.77. The average molecular weight is 1010 g/mol. The Hall–Kier alpha value is -3.62. The summed E-state index contributed by atoms with van der Waals surface area (Å²) >= 11 is 13.7. The summed E-state index contributed by atoms with van der Waals surface area (Å²) in [6, 6.07) is 13.1. The molecule has 0 saturated heterocycles. The average Bonchev–Trinajstić information content (AvgIpc) is 3.21. The Morgan fingerprint density at radius 3 is 1.32 bits per heavy atom. The van der Waals surface area contributed by atoms with Gasteiger partial charge in [0.05, 0.1) is 29.0 Å². The van der Waals surface area contributed by atoms with Crippen LogP contribution in [-0.4, -0.2) is 56.8 Å². The maximum atomic E-state index is 13.8. The Labute approximate surface area is 435 Å². The molecule has 8 aliphatic carbocycles. The molecule has 8 fully saturated rings. The quantitative estimate of drug-likeness (QED) is 0.238. The highest BCUT2D eigenvalue weighted by Crippen LogP contribution is 2.73. The maximum Gasteiger partial charge on any atom is 0.312 e. The van der Waals surface area contributed by atoms with Crippen molar-refractivity contribution in [1.82, 2.24) is 9.80 Å². The molecule has 2 amide bonds. The van der Waals surface area contributed by atoms with Gasteiger partial charge in [0.25, 0.3) is 0 Å². The second kappa shape index (κ2) is 17.0. The van der Waals surface area contributed by atoms with E-state index in [2.05, 4.69) is 132 Å². The number of ether oxygens (including phenoxy) is 1. The van der Waals surface area contributed by atoms with E-state index in [1.165, 1.54) is 34.9 Å². The van der Waals surface area contributed by atoms with Gasteiger partial charge in [-0.05, 0) is 169 Å². The summed E-state index contributed by atoms with van der Waals surface area (Å²) in [7, 11) is 1.46. The monoisotopic (exact) mass is 1010 g/mol. The summed E-state index contributed by atoms with van der Waals surface area (Å²) in [4.78, 5) is 55.4. The Bertz CT molecular complexity index is 2590. The molecule has 4 bridgehead atoms. The zero-order valence-electron chi connectivity index (χ0n) is 45.2. The van der Waals surface area contributed by atoms with Crippen LogP contribution in [0.1, 0.15) is 195 Å². The van der Waals surface area contributed by atoms with Gasteiger partial charge in [-0.3, -0.25) is 19.2 Å². The normalized spacial score (nSPS) is 35.1. The third-order valence-corrected chi connectivity index (χ3v) is 21.1. The van der Waals surface area contributed by atoms with Gasteiger partial charge in [-0.15, -0.1) is 0 Å². The number of aryl methyl sites for hydroxylation is 2. The Morgan fingerprint density at radius 2 is 1.00 bits per heavy atom. The number of carbonyl (C=O) groups excluding carboxylic acids is 3. The first-order chi connectivity index (χ1) is 32.8. The Morgan fingerprint density at radius 1 is 0.634 bits per heavy atom. The molecule has 8 nitrogen and oxygen atoms in total. The van der Waals surface area contributed by atoms with Crippen LogP contribution in [0.4, 0.5) is 0 Å². The van der Waals surface area contributed by atoms with E-state index in [1.807, 2.05) is 9.80 Å². The Kier molecular flexibility index (Phi) is 12.5. The molecule has 2 unspecified atom stereocenters. The molecule has 0 spiro atoms. The molecule has 0 radical (unpaired) electrons. The van der Waals surface area contributed by atoms with Gasteiger partial charge >= 0.3 is 11.9 Å². The third-order valence-electron chi connectivity index (χ3n) is 20.4. The number of fused-ring (bicyclic) bond motifs is 2. The number of rotatable bonds is 10. The molecule has 2 aromatic carbocycles. The minimum atomic E-state index is -0.709. The lowest BCUT2D eigenvalue weighted by Gasteiger charge is -2.72. The first-order valence-corrected chi connectivity index (χ1v) is 27.5. The van der Waals surface area contributed by atoms with Crippen LogP contribution in [0.3, 0.4) is 0 Å². The second-order valence-corrected chi connectivity index (χ2v) is 29.0. The van der Waals surface area contributed by atoms with Crippen molar-refractivity contribution in [3.8, 4) is 0 Å². The number of esters is 1. The van der Waals surface area contributed by atoms with Crippen molar-refractivity contribution in [1.29, 1.82) is 0 Å². The first kappa shape index (κ1) is 52.3. The van der Waals surface area contributed by atoms with Gasteiger partial charge in [0.1, 0.15) is 0 Å². The van der Waals surface area contributed by atoms with E-state index in [9.17, 15) is 24.3 Å². The number of halogens is 2. The van der Waals surface area contributed by atoms with Crippen LogP contribution >= 0.6 is 23.2 Å². The number of carbonyl (C=O) groups is 4. The minimum Gasteiger partial charge on any atom is -0.481 e. The fraction of sp³-hybridized carbons (Fsp3) is 0.672. The number of methoxy groups -OCH3 is 1. The van der Waals surface area contributed by atoms with Crippen molar-refractivity contribution < 1.29 is 29.0 Å². The number of aliphatic carboxylic acids is 1. The molecule has 71 heavy (non-hydrogen) atoms. The van der Waals surface area contributed by atoms with Gasteiger partial charge in [0.2, 0.25) is 11.8 Å². The van der Waals surface area contributed by atoms with Crippen molar-refractivity contribution in [3.05, 3.63) is 92.2 Å². The summed E-state index contributed by atoms with van der Waals surface area (Å²) < 4.78 is 5.04. The molecule has 1 N–H and O–H groups in total. The number of hydrogen-bond acceptors (Lipinski definition) is 5. The van der Waals surface area contributed by atoms with Crippen molar-refractivity contribution in [3.63, 3.8) is 0 Å². The van der Waals surface area contributed by atoms with E-state index in [1.54, 1.807) is 0 Å². The van der Waals surface area contributed by atoms with Crippen LogP contribution < -0.4 is 0 Å². The van der Waals surface area contributed by atoms with Gasteiger partial charge in [-0.25, -0.2) is 0 Å². The van der Waals surface area contributed by atoms with Crippen LogP contribution in [0.25, 0.3) is 0 Å². The van der Waals surface area contributed by atoms with E-state index < -0.39 is 11.4 Å². The van der Waals surface area contributed by atoms with Crippen molar-refractivity contribution in [2.45, 2.75) is 208 Å². The van der Waals surface area contributed by atoms with Crippen LogP contribution in [0.5, 0.6) is 0 Å². The molecule has 2 heterocycles. The molecule has 10 heteroatoms. The number of allylic oxidation sites excluding steroid dienone is 2. The van der Waals surface area contributed by atoms with Gasteiger partial charge in [0.15, 0.2) is 0 Å². The van der Waals surface area contributed by atoms with Crippen molar-refractivity contribution in [2.75, 3.05) is 7.11 Å². The molecule has 2 aliphatic heterocycles. The molecular formula is C61H82Cl2N2O6. The summed E-state index contributed by atoms with van der Waals surface area (Å²) in [5.41, 5.74) is 6.08. The summed E-state index contributed by atoms with van der Waals surface area (Å²) in [5, 5.41) is 11.2. The highest BCUT2D eigenvalue weighted by molar-refractivity contribution is 6.31. The molecule has 12 rings (SSSR count). The lowest BCUT2D eigenvalue weighted by atomic mass is 9.38. The SMILES string of the molecule is CC1C2=CN(C34CC(C(=O)O)(C3)C4)C(=O)C[C@]2(c2ccc(CCC(C)(C)C)c(Cl)c2)CCC1(C)C.COC(=O)C12CC(N3C=C4C(C)C(C)(C)CC[C@@]4(c4ccc(CCC(C)(C)C)c(Cl)c4)CC3=O)(C1)C2. The van der Waals surface area contributed by atoms with Crippen LogP contribution in [0.15, 0.2) is 59.9 Å². The smallest absolute Gasteiger partial charge is 0.312 e. The Balaban J connectivity index is 0.000000176. The van der Waals surface area contributed by atoms with E-state index in [0.29, 0.717) is 43.9 Å². The molecule has 4 atom stereocenters. The van der Waals surface area contributed by atoms with E-state index >= 15 is 0 Å². The molecule has 10 aliphatic rings. The van der Waals surface area contributed by atoms with Crippen molar-refractivity contribution >= 4 is 47.0 Å². The second-order valence-electron chi connectivity index (χ2n) is 28.2. The van der Waals surface area contributed by atoms with Crippen LogP contribution in [0.2, 0.25) is 10.0 Å². The van der Waals surface area contributed by atoms with E-state index in [0.717, 1.165) is 86.2 Å². The van der Waals surface area contributed by atoms with Crippen LogP contribution in [-0.2, 0) is 47.6 Å². The number of hydrogen-bond donors (Lipinski definition) is 1. The molecular weight excluding hydrogens is 928 g/mol. The van der Waals surface area contributed by atoms with Gasteiger partial charge in [0, 0.05) is 46.1 Å². The lowest BCUT2D eigenvalue weighted by molar-refractivity contribution is -0.226. The molecule has 2 aromatic rings. The predicted octanol–water partition coefficient (Wildman–Crippen LogP) is 14.4. The van der Waals surface area contributed by atoms with Crippen LogP contribution in [0, 0.1) is 44.3 Å². The van der Waals surface area contributed by atoms with Gasteiger partial charge in [-0.1, -0.05) is 131 Å². The predicted molar refractivity (Wildman–Crippen MR) is 283 cm³/mol. The zero-order valence-corrected chi connectivity index (χ0v) is 46.7. The largest absolute Gasteiger partial charge is 0.481 e. The number of carboxylic acids is 1. The van der Waals surface area contributed by atoms with Gasteiger partial charge < -0.3 is 19.6 Å². The zero-order chi connectivity index (χ0) is 51.9. The first-order valence-electron chi connectivity index (χ1n) is 26.8. The number of benzene rings is 2. The molecule has 386 valence electrons. The third kappa shape index (κ3) is 8.46. The van der Waals surface area contributed by atoms with Gasteiger partial charge in [-0.2, -0.15) is 0 Å². The maximum absolute atomic E-state index is 13.8. The molecule has 8 saturated carbocycles. The fourth-order valence-electron chi connectivity index (χ4n) is 14.8. The minimum absolute atomic E-state index is 0.121. The number of amides is 2. The van der Waals surface area contributed by atoms with E-state index in [-0.39, 0.29) is 66.8 Å².